The summed E-state index contributed by atoms with van der Waals surface area (Å²) in [5, 5.41) is 0.864. The summed E-state index contributed by atoms with van der Waals surface area (Å²) in [5.41, 5.74) is 0.523. The summed E-state index contributed by atoms with van der Waals surface area (Å²) >= 11 is 7.62. The van der Waals surface area contributed by atoms with Crippen molar-refractivity contribution in [2.24, 2.45) is 5.92 Å². The number of methoxy groups -OCH3 is 1. The van der Waals surface area contributed by atoms with Crippen LogP contribution in [0.3, 0.4) is 0 Å². The molecule has 0 saturated carbocycles. The average Bonchev–Trinajstić information content (AvgIpc) is 3.59. The van der Waals surface area contributed by atoms with Crippen molar-refractivity contribution in [1.82, 2.24) is 9.29 Å². The largest absolute Gasteiger partial charge is 0.494 e. The number of hydrogen-bond acceptors (Lipinski definition) is 7. The van der Waals surface area contributed by atoms with Crippen molar-refractivity contribution < 1.29 is 31.1 Å². The van der Waals surface area contributed by atoms with Crippen LogP contribution in [0, 0.1) is 17.6 Å². The van der Waals surface area contributed by atoms with Crippen molar-refractivity contribution in [3.63, 3.8) is 0 Å². The molecule has 0 unspecified atom stereocenters. The molecular formula is C25H22ClF2N3O5S2. The van der Waals surface area contributed by atoms with Crippen molar-refractivity contribution in [2.45, 2.75) is 24.3 Å². The summed E-state index contributed by atoms with van der Waals surface area (Å²) in [6.45, 7) is 0.0597. The Morgan fingerprint density at radius 3 is 2.68 bits per heavy atom. The molecule has 0 radical (unpaired) electrons. The van der Waals surface area contributed by atoms with E-state index >= 15 is 0 Å². The van der Waals surface area contributed by atoms with Gasteiger partial charge in [0.05, 0.1) is 29.6 Å². The standard InChI is InChI=1S/C25H22ClF2N3O5S2/c1-35-20-7-5-18(26)23-22(20)29-25(37-23)31(14-17-3-2-12-36-17)24(32)15-8-10-30(11-9-15)38(33,34)21-13-16(27)4-6-19(21)28/h2-7,12-13,15H,8-11,14H2,1H3. The first kappa shape index (κ1) is 26.5. The number of furan rings is 1. The molecule has 1 fully saturated rings. The molecule has 0 atom stereocenters. The number of halogens is 3. The molecular weight excluding hydrogens is 560 g/mol. The molecule has 3 heterocycles. The van der Waals surface area contributed by atoms with Gasteiger partial charge in [-0.15, -0.1) is 0 Å². The monoisotopic (exact) mass is 581 g/mol. The third kappa shape index (κ3) is 5.00. The lowest BCUT2D eigenvalue weighted by molar-refractivity contribution is -0.123. The summed E-state index contributed by atoms with van der Waals surface area (Å²) in [4.78, 5) is 19.2. The van der Waals surface area contributed by atoms with Crippen LogP contribution in [-0.4, -0.2) is 43.8 Å². The SMILES string of the molecule is COc1ccc(Cl)c2sc(N(Cc3ccco3)C(=O)C3CCN(S(=O)(=O)c4cc(F)ccc4F)CC3)nc12. The molecule has 0 aliphatic carbocycles. The summed E-state index contributed by atoms with van der Waals surface area (Å²) < 4.78 is 66.4. The number of nitrogens with zero attached hydrogens (tertiary/aromatic N) is 3. The van der Waals surface area contributed by atoms with Crippen LogP contribution in [0.2, 0.25) is 5.02 Å². The zero-order valence-electron chi connectivity index (χ0n) is 20.1. The van der Waals surface area contributed by atoms with Crippen LogP contribution in [0.5, 0.6) is 5.75 Å². The fourth-order valence-corrected chi connectivity index (χ4v) is 7.20. The Balaban J connectivity index is 1.40. The van der Waals surface area contributed by atoms with Crippen LogP contribution >= 0.6 is 22.9 Å². The van der Waals surface area contributed by atoms with E-state index in [4.69, 9.17) is 20.8 Å². The molecule has 8 nitrogen and oxygen atoms in total. The molecule has 0 spiro atoms. The van der Waals surface area contributed by atoms with E-state index < -0.39 is 32.5 Å². The molecule has 0 bridgehead atoms. The second kappa shape index (κ2) is 10.6. The van der Waals surface area contributed by atoms with E-state index in [2.05, 4.69) is 4.98 Å². The van der Waals surface area contributed by atoms with Crippen LogP contribution < -0.4 is 9.64 Å². The Labute approximate surface area is 226 Å². The molecule has 2 aromatic carbocycles. The number of ether oxygens (including phenoxy) is 1. The fraction of sp³-hybridized carbons (Fsp3) is 0.280. The van der Waals surface area contributed by atoms with Gasteiger partial charge in [0.25, 0.3) is 0 Å². The number of rotatable bonds is 7. The van der Waals surface area contributed by atoms with Gasteiger partial charge in [-0.2, -0.15) is 4.31 Å². The lowest BCUT2D eigenvalue weighted by Gasteiger charge is -2.32. The van der Waals surface area contributed by atoms with Crippen molar-refractivity contribution >= 4 is 54.2 Å². The van der Waals surface area contributed by atoms with Gasteiger partial charge in [-0.25, -0.2) is 22.2 Å². The van der Waals surface area contributed by atoms with Crippen LogP contribution in [-0.2, 0) is 21.4 Å². The highest BCUT2D eigenvalue weighted by Gasteiger charge is 2.36. The van der Waals surface area contributed by atoms with Crippen molar-refractivity contribution in [2.75, 3.05) is 25.1 Å². The Bertz CT molecular complexity index is 1590. The molecule has 4 aromatic rings. The summed E-state index contributed by atoms with van der Waals surface area (Å²) in [6.07, 6.45) is 1.89. The second-order valence-corrected chi connectivity index (χ2v) is 12.0. The topological polar surface area (TPSA) is 93.0 Å². The minimum absolute atomic E-state index is 0.0250. The molecule has 0 N–H and O–H groups in total. The maximum Gasteiger partial charge on any atom is 0.246 e. The number of thiazole rings is 1. The van der Waals surface area contributed by atoms with E-state index in [0.29, 0.717) is 37.9 Å². The Morgan fingerprint density at radius 2 is 2.00 bits per heavy atom. The van der Waals surface area contributed by atoms with Gasteiger partial charge in [0.15, 0.2) is 5.13 Å². The number of carbonyl (C=O) groups excluding carboxylic acids is 1. The highest BCUT2D eigenvalue weighted by molar-refractivity contribution is 7.89. The zero-order chi connectivity index (χ0) is 27.0. The molecule has 13 heteroatoms. The van der Waals surface area contributed by atoms with E-state index in [0.717, 1.165) is 16.4 Å². The van der Waals surface area contributed by atoms with Gasteiger partial charge in [0, 0.05) is 19.0 Å². The lowest BCUT2D eigenvalue weighted by Crippen LogP contribution is -2.44. The number of anilines is 1. The maximum absolute atomic E-state index is 14.2. The van der Waals surface area contributed by atoms with E-state index in [1.54, 1.807) is 24.3 Å². The third-order valence-electron chi connectivity index (χ3n) is 6.37. The van der Waals surface area contributed by atoms with Crippen LogP contribution in [0.1, 0.15) is 18.6 Å². The van der Waals surface area contributed by atoms with Crippen LogP contribution in [0.25, 0.3) is 10.2 Å². The highest BCUT2D eigenvalue weighted by atomic mass is 35.5. The van der Waals surface area contributed by atoms with Gasteiger partial charge in [0.2, 0.25) is 15.9 Å². The molecule has 1 saturated heterocycles. The number of hydrogen-bond donors (Lipinski definition) is 0. The zero-order valence-corrected chi connectivity index (χ0v) is 22.5. The van der Waals surface area contributed by atoms with E-state index in [9.17, 15) is 22.0 Å². The lowest BCUT2D eigenvalue weighted by atomic mass is 9.96. The number of piperidine rings is 1. The van der Waals surface area contributed by atoms with Gasteiger partial charge >= 0.3 is 0 Å². The van der Waals surface area contributed by atoms with Gasteiger partial charge in [-0.3, -0.25) is 9.69 Å². The Morgan fingerprint density at radius 1 is 1.24 bits per heavy atom. The molecule has 1 aliphatic rings. The molecule has 1 aliphatic heterocycles. The first-order valence-corrected chi connectivity index (χ1v) is 14.2. The van der Waals surface area contributed by atoms with Gasteiger partial charge in [0.1, 0.15) is 33.6 Å². The molecule has 2 aromatic heterocycles. The van der Waals surface area contributed by atoms with Crippen molar-refractivity contribution in [3.8, 4) is 5.75 Å². The first-order chi connectivity index (χ1) is 18.2. The number of fused-ring (bicyclic) bond motifs is 1. The van der Waals surface area contributed by atoms with Gasteiger partial charge in [-0.1, -0.05) is 22.9 Å². The van der Waals surface area contributed by atoms with Gasteiger partial charge in [-0.05, 0) is 55.3 Å². The smallest absolute Gasteiger partial charge is 0.246 e. The highest BCUT2D eigenvalue weighted by Crippen LogP contribution is 2.40. The number of sulfonamides is 1. The summed E-state index contributed by atoms with van der Waals surface area (Å²) in [5.74, 6) is -1.62. The number of carbonyl (C=O) groups is 1. The fourth-order valence-electron chi connectivity index (χ4n) is 4.40. The summed E-state index contributed by atoms with van der Waals surface area (Å²) in [6, 6.07) is 9.15. The van der Waals surface area contributed by atoms with Crippen LogP contribution in [0.15, 0.2) is 58.0 Å². The third-order valence-corrected chi connectivity index (χ3v) is 9.82. The molecule has 200 valence electrons. The van der Waals surface area contributed by atoms with E-state index in [-0.39, 0.29) is 38.4 Å². The summed E-state index contributed by atoms with van der Waals surface area (Å²) in [7, 11) is -2.75. The minimum Gasteiger partial charge on any atom is -0.494 e. The van der Waals surface area contributed by atoms with Gasteiger partial charge < -0.3 is 9.15 Å². The Kier molecular flexibility index (Phi) is 7.40. The minimum atomic E-state index is -4.27. The molecule has 5 rings (SSSR count). The normalized spacial score (nSPS) is 15.2. The molecule has 38 heavy (non-hydrogen) atoms. The first-order valence-electron chi connectivity index (χ1n) is 11.6. The van der Waals surface area contributed by atoms with Crippen molar-refractivity contribution in [3.05, 3.63) is 71.1 Å². The predicted molar refractivity (Wildman–Crippen MR) is 139 cm³/mol. The van der Waals surface area contributed by atoms with Crippen molar-refractivity contribution in [1.29, 1.82) is 0 Å². The van der Waals surface area contributed by atoms with E-state index in [1.807, 2.05) is 0 Å². The number of amides is 1. The Hall–Kier alpha value is -3.06. The quantitative estimate of drug-likeness (QED) is 0.288. The second-order valence-electron chi connectivity index (χ2n) is 8.68. The van der Waals surface area contributed by atoms with Crippen LogP contribution in [0.4, 0.5) is 13.9 Å². The predicted octanol–water partition coefficient (Wildman–Crippen LogP) is 5.46. The maximum atomic E-state index is 14.2. The molecule has 1 amide bonds. The van der Waals surface area contributed by atoms with E-state index in [1.165, 1.54) is 29.6 Å². The average molecular weight is 582 g/mol. The number of aromatic nitrogens is 1. The number of benzene rings is 2.